The molecule has 0 spiro atoms. The van der Waals surface area contributed by atoms with Crippen molar-refractivity contribution < 1.29 is 4.21 Å². The normalized spacial score (nSPS) is 13.6. The monoisotopic (exact) mass is 442 g/mol. The molecule has 1 aromatic heterocycles. The van der Waals surface area contributed by atoms with Gasteiger partial charge in [-0.15, -0.1) is 0 Å². The highest BCUT2D eigenvalue weighted by Gasteiger charge is 2.32. The standard InChI is InChI=1S/C8H5Br3N4OS/c9-8(10,11)17(16)7-12-13-14-15(7)6-4-2-1-3-5-6/h1-5H. The summed E-state index contributed by atoms with van der Waals surface area (Å²) in [5.41, 5.74) is 0.748. The second-order valence-electron chi connectivity index (χ2n) is 2.92. The Hall–Kier alpha value is -0.120. The van der Waals surface area contributed by atoms with Crippen molar-refractivity contribution in [1.29, 1.82) is 0 Å². The molecule has 0 bridgehead atoms. The molecule has 0 saturated heterocycles. The molecule has 0 aliphatic carbocycles. The molecule has 1 unspecified atom stereocenters. The molecule has 17 heavy (non-hydrogen) atoms. The van der Waals surface area contributed by atoms with Gasteiger partial charge in [0.05, 0.1) is 5.69 Å². The third-order valence-electron chi connectivity index (χ3n) is 1.82. The molecular formula is C8H5Br3N4OS. The number of hydrogen-bond acceptors (Lipinski definition) is 4. The van der Waals surface area contributed by atoms with Crippen LogP contribution in [0.15, 0.2) is 35.5 Å². The number of nitrogens with zero attached hydrogens (tertiary/aromatic N) is 4. The van der Waals surface area contributed by atoms with E-state index in [1.165, 1.54) is 4.68 Å². The lowest BCUT2D eigenvalue weighted by atomic mass is 10.3. The van der Waals surface area contributed by atoms with Crippen LogP contribution in [0.25, 0.3) is 5.69 Å². The maximum absolute atomic E-state index is 12.1. The smallest absolute Gasteiger partial charge is 0.247 e. The lowest BCUT2D eigenvalue weighted by Crippen LogP contribution is -2.15. The van der Waals surface area contributed by atoms with Gasteiger partial charge < -0.3 is 0 Å². The minimum Gasteiger partial charge on any atom is -0.248 e. The summed E-state index contributed by atoms with van der Waals surface area (Å²) in [5, 5.41) is 11.4. The van der Waals surface area contributed by atoms with Crippen LogP contribution in [0.3, 0.4) is 0 Å². The topological polar surface area (TPSA) is 60.7 Å². The quantitative estimate of drug-likeness (QED) is 0.668. The van der Waals surface area contributed by atoms with E-state index in [0.717, 1.165) is 5.69 Å². The third kappa shape index (κ3) is 3.01. The van der Waals surface area contributed by atoms with Gasteiger partial charge in [-0.1, -0.05) is 23.3 Å². The van der Waals surface area contributed by atoms with Gasteiger partial charge in [0.15, 0.2) is 0 Å². The van der Waals surface area contributed by atoms with Crippen LogP contribution in [0, 0.1) is 0 Å². The van der Waals surface area contributed by atoms with Crippen LogP contribution in [0.4, 0.5) is 0 Å². The van der Waals surface area contributed by atoms with Crippen molar-refractivity contribution in [1.82, 2.24) is 20.2 Å². The first kappa shape index (κ1) is 13.3. The molecule has 90 valence electrons. The van der Waals surface area contributed by atoms with Gasteiger partial charge in [-0.05, 0) is 70.3 Å². The molecule has 0 amide bonds. The van der Waals surface area contributed by atoms with E-state index < -0.39 is 12.3 Å². The molecule has 0 fully saturated rings. The summed E-state index contributed by atoms with van der Waals surface area (Å²) in [7, 11) is -1.50. The second-order valence-corrected chi connectivity index (χ2v) is 12.8. The van der Waals surface area contributed by atoms with Crippen molar-refractivity contribution in [3.8, 4) is 5.69 Å². The predicted molar refractivity (Wildman–Crippen MR) is 75.1 cm³/mol. The van der Waals surface area contributed by atoms with Gasteiger partial charge in [0.1, 0.15) is 10.8 Å². The summed E-state index contributed by atoms with van der Waals surface area (Å²) in [6, 6.07) is 9.25. The first-order valence-electron chi connectivity index (χ1n) is 4.32. The van der Waals surface area contributed by atoms with Crippen LogP contribution in [-0.4, -0.2) is 25.9 Å². The Morgan fingerprint density at radius 2 is 1.82 bits per heavy atom. The summed E-state index contributed by atoms with van der Waals surface area (Å²) in [5.74, 6) is 0. The molecule has 0 saturated carbocycles. The Bertz CT molecular complexity index is 539. The molecular weight excluding hydrogens is 440 g/mol. The van der Waals surface area contributed by atoms with E-state index in [9.17, 15) is 4.21 Å². The van der Waals surface area contributed by atoms with Crippen LogP contribution in [0.1, 0.15) is 0 Å². The summed E-state index contributed by atoms with van der Waals surface area (Å²) < 4.78 is 12.6. The maximum atomic E-state index is 12.1. The number of alkyl halides is 3. The summed E-state index contributed by atoms with van der Waals surface area (Å²) in [4.78, 5) is 0. The molecule has 0 aliphatic rings. The van der Waals surface area contributed by atoms with E-state index in [2.05, 4.69) is 63.3 Å². The molecule has 1 atom stereocenters. The summed E-state index contributed by atoms with van der Waals surface area (Å²) in [6.07, 6.45) is 0. The number of rotatable bonds is 2. The molecule has 0 N–H and O–H groups in total. The minimum absolute atomic E-state index is 0.238. The largest absolute Gasteiger partial charge is 0.248 e. The number of aromatic nitrogens is 4. The molecule has 5 nitrogen and oxygen atoms in total. The van der Waals surface area contributed by atoms with E-state index in [0.29, 0.717) is 0 Å². The second kappa shape index (κ2) is 5.25. The average molecular weight is 445 g/mol. The first-order chi connectivity index (χ1) is 8.00. The number of tetrazole rings is 1. The fourth-order valence-corrected chi connectivity index (χ4v) is 3.05. The molecule has 1 heterocycles. The van der Waals surface area contributed by atoms with Gasteiger partial charge in [-0.2, -0.15) is 4.68 Å². The van der Waals surface area contributed by atoms with Crippen molar-refractivity contribution in [2.75, 3.05) is 0 Å². The number of hydrogen-bond donors (Lipinski definition) is 0. The van der Waals surface area contributed by atoms with E-state index in [1.54, 1.807) is 0 Å². The Kier molecular flexibility index (Phi) is 4.11. The van der Waals surface area contributed by atoms with Crippen molar-refractivity contribution in [2.24, 2.45) is 0 Å². The highest BCUT2D eigenvalue weighted by molar-refractivity contribution is 9.42. The Labute approximate surface area is 125 Å². The maximum Gasteiger partial charge on any atom is 0.247 e. The van der Waals surface area contributed by atoms with Crippen molar-refractivity contribution in [3.63, 3.8) is 0 Å². The Morgan fingerprint density at radius 1 is 1.18 bits per heavy atom. The zero-order chi connectivity index (χ0) is 12.5. The molecule has 2 rings (SSSR count). The van der Waals surface area contributed by atoms with Crippen LogP contribution in [0.2, 0.25) is 0 Å². The Balaban J connectivity index is 2.46. The molecule has 0 aliphatic heterocycles. The number of para-hydroxylation sites is 1. The zero-order valence-electron chi connectivity index (χ0n) is 8.13. The fraction of sp³-hybridized carbons (Fsp3) is 0.125. The predicted octanol–water partition coefficient (Wildman–Crippen LogP) is 2.57. The zero-order valence-corrected chi connectivity index (χ0v) is 13.7. The number of benzene rings is 1. The highest BCUT2D eigenvalue weighted by atomic mass is 80.0. The minimum atomic E-state index is -1.50. The van der Waals surface area contributed by atoms with E-state index in [-0.39, 0.29) is 5.16 Å². The van der Waals surface area contributed by atoms with Crippen LogP contribution < -0.4 is 0 Å². The van der Waals surface area contributed by atoms with Gasteiger partial charge in [-0.3, -0.25) is 0 Å². The highest BCUT2D eigenvalue weighted by Crippen LogP contribution is 2.39. The average Bonchev–Trinajstić information content (AvgIpc) is 2.76. The van der Waals surface area contributed by atoms with E-state index >= 15 is 0 Å². The van der Waals surface area contributed by atoms with Crippen molar-refractivity contribution in [2.45, 2.75) is 6.63 Å². The third-order valence-corrected chi connectivity index (χ3v) is 5.47. The molecule has 2 aromatic rings. The van der Waals surface area contributed by atoms with Gasteiger partial charge in [0.25, 0.3) is 0 Å². The van der Waals surface area contributed by atoms with Crippen LogP contribution in [-0.2, 0) is 10.8 Å². The van der Waals surface area contributed by atoms with Gasteiger partial charge in [-0.25, -0.2) is 4.21 Å². The first-order valence-corrected chi connectivity index (χ1v) is 7.85. The van der Waals surface area contributed by atoms with Gasteiger partial charge >= 0.3 is 0 Å². The Morgan fingerprint density at radius 3 is 2.41 bits per heavy atom. The fourth-order valence-electron chi connectivity index (χ4n) is 1.13. The van der Waals surface area contributed by atoms with E-state index in [1.807, 2.05) is 30.3 Å². The molecule has 1 aromatic carbocycles. The van der Waals surface area contributed by atoms with Crippen molar-refractivity contribution >= 4 is 58.6 Å². The SMILES string of the molecule is O=S(c1nnnn1-c1ccccc1)C(Br)(Br)Br. The van der Waals surface area contributed by atoms with Gasteiger partial charge in [0, 0.05) is 0 Å². The summed E-state index contributed by atoms with van der Waals surface area (Å²) in [6.45, 7) is 0. The van der Waals surface area contributed by atoms with Crippen LogP contribution >= 0.6 is 47.8 Å². The van der Waals surface area contributed by atoms with Crippen LogP contribution in [0.5, 0.6) is 0 Å². The number of halogens is 3. The van der Waals surface area contributed by atoms with Crippen molar-refractivity contribution in [3.05, 3.63) is 30.3 Å². The van der Waals surface area contributed by atoms with E-state index in [4.69, 9.17) is 0 Å². The molecule has 0 radical (unpaired) electrons. The van der Waals surface area contributed by atoms with Gasteiger partial charge in [0.2, 0.25) is 6.63 Å². The summed E-state index contributed by atoms with van der Waals surface area (Å²) >= 11 is 9.59. The lowest BCUT2D eigenvalue weighted by Gasteiger charge is -2.10. The lowest BCUT2D eigenvalue weighted by molar-refractivity contribution is 0.668. The molecule has 9 heteroatoms.